The third-order valence-corrected chi connectivity index (χ3v) is 5.29. The summed E-state index contributed by atoms with van der Waals surface area (Å²) in [5.41, 5.74) is 2.59. The summed E-state index contributed by atoms with van der Waals surface area (Å²) in [6.07, 6.45) is 1.85. The SMILES string of the molecule is CCN1C(=O)/C(=C\c2ccc(OC)cc2C)SC1=Nc1cccc(C(=O)O)c1. The highest BCUT2D eigenvalue weighted by Gasteiger charge is 2.32. The van der Waals surface area contributed by atoms with E-state index in [2.05, 4.69) is 4.99 Å². The van der Waals surface area contributed by atoms with Crippen LogP contribution in [0.25, 0.3) is 6.08 Å². The summed E-state index contributed by atoms with van der Waals surface area (Å²) < 4.78 is 5.22. The normalized spacial score (nSPS) is 16.8. The van der Waals surface area contributed by atoms with Gasteiger partial charge in [0, 0.05) is 6.54 Å². The molecule has 0 spiro atoms. The molecule has 6 nitrogen and oxygen atoms in total. The zero-order valence-electron chi connectivity index (χ0n) is 15.8. The number of methoxy groups -OCH3 is 1. The van der Waals surface area contributed by atoms with Crippen LogP contribution < -0.4 is 4.74 Å². The summed E-state index contributed by atoms with van der Waals surface area (Å²) in [5, 5.41) is 9.68. The molecule has 1 fully saturated rings. The van der Waals surface area contributed by atoms with Crippen LogP contribution in [0, 0.1) is 6.92 Å². The van der Waals surface area contributed by atoms with Crippen LogP contribution in [0.5, 0.6) is 5.75 Å². The average molecular weight is 396 g/mol. The van der Waals surface area contributed by atoms with Gasteiger partial charge in [-0.15, -0.1) is 0 Å². The number of hydrogen-bond donors (Lipinski definition) is 1. The lowest BCUT2D eigenvalue weighted by molar-refractivity contribution is -0.122. The maximum absolute atomic E-state index is 12.8. The number of carboxylic acids is 1. The molecule has 0 radical (unpaired) electrons. The zero-order chi connectivity index (χ0) is 20.3. The number of carboxylic acid groups (broad SMARTS) is 1. The van der Waals surface area contributed by atoms with Gasteiger partial charge in [-0.05, 0) is 73.1 Å². The van der Waals surface area contributed by atoms with Gasteiger partial charge in [0.25, 0.3) is 5.91 Å². The second-order valence-corrected chi connectivity index (χ2v) is 7.14. The van der Waals surface area contributed by atoms with Crippen LogP contribution in [0.1, 0.15) is 28.4 Å². The maximum atomic E-state index is 12.8. The summed E-state index contributed by atoms with van der Waals surface area (Å²) in [6, 6.07) is 12.0. The van der Waals surface area contributed by atoms with Crippen molar-refractivity contribution in [3.63, 3.8) is 0 Å². The Hall–Kier alpha value is -3.06. The Morgan fingerprint density at radius 1 is 1.29 bits per heavy atom. The molecule has 0 atom stereocenters. The second-order valence-electron chi connectivity index (χ2n) is 6.13. The molecule has 7 heteroatoms. The zero-order valence-corrected chi connectivity index (χ0v) is 16.6. The predicted octanol–water partition coefficient (Wildman–Crippen LogP) is 4.33. The van der Waals surface area contributed by atoms with Gasteiger partial charge in [-0.3, -0.25) is 9.69 Å². The van der Waals surface area contributed by atoms with Gasteiger partial charge in [-0.1, -0.05) is 12.1 Å². The monoisotopic (exact) mass is 396 g/mol. The van der Waals surface area contributed by atoms with E-state index in [1.165, 1.54) is 23.9 Å². The molecule has 1 aliphatic heterocycles. The molecule has 2 aromatic carbocycles. The highest BCUT2D eigenvalue weighted by Crippen LogP contribution is 2.34. The number of hydrogen-bond acceptors (Lipinski definition) is 5. The molecule has 1 heterocycles. The van der Waals surface area contributed by atoms with E-state index in [-0.39, 0.29) is 11.5 Å². The fourth-order valence-corrected chi connectivity index (χ4v) is 3.82. The van der Waals surface area contributed by atoms with E-state index in [1.54, 1.807) is 24.1 Å². The Bertz CT molecular complexity index is 998. The summed E-state index contributed by atoms with van der Waals surface area (Å²) in [5.74, 6) is -0.364. The molecule has 1 aliphatic rings. The van der Waals surface area contributed by atoms with E-state index in [0.717, 1.165) is 16.9 Å². The predicted molar refractivity (Wildman–Crippen MR) is 111 cm³/mol. The average Bonchev–Trinajstić information content (AvgIpc) is 2.97. The summed E-state index contributed by atoms with van der Waals surface area (Å²) in [4.78, 5) is 30.6. The smallest absolute Gasteiger partial charge is 0.335 e. The molecule has 0 aliphatic carbocycles. The number of carbonyl (C=O) groups is 2. The van der Waals surface area contributed by atoms with Crippen molar-refractivity contribution in [3.05, 3.63) is 64.1 Å². The maximum Gasteiger partial charge on any atom is 0.335 e. The highest BCUT2D eigenvalue weighted by molar-refractivity contribution is 8.18. The Labute approximate surface area is 167 Å². The van der Waals surface area contributed by atoms with Crippen molar-refractivity contribution in [2.75, 3.05) is 13.7 Å². The van der Waals surface area contributed by atoms with E-state index in [9.17, 15) is 9.59 Å². The lowest BCUT2D eigenvalue weighted by Crippen LogP contribution is -2.28. The minimum atomic E-state index is -1.01. The van der Waals surface area contributed by atoms with Crippen molar-refractivity contribution in [1.29, 1.82) is 0 Å². The molecular formula is C21H20N2O4S. The van der Waals surface area contributed by atoms with Crippen molar-refractivity contribution in [3.8, 4) is 5.75 Å². The topological polar surface area (TPSA) is 79.2 Å². The first-order chi connectivity index (χ1) is 13.4. The van der Waals surface area contributed by atoms with Crippen molar-refractivity contribution < 1.29 is 19.4 Å². The number of aryl methyl sites for hydroxylation is 1. The summed E-state index contributed by atoms with van der Waals surface area (Å²) in [6.45, 7) is 4.31. The number of rotatable bonds is 5. The van der Waals surface area contributed by atoms with Gasteiger partial charge in [0.2, 0.25) is 0 Å². The Morgan fingerprint density at radius 3 is 2.71 bits per heavy atom. The second kappa shape index (κ2) is 8.31. The lowest BCUT2D eigenvalue weighted by Gasteiger charge is -2.12. The van der Waals surface area contributed by atoms with Crippen molar-refractivity contribution in [1.82, 2.24) is 4.90 Å². The molecule has 1 N–H and O–H groups in total. The third-order valence-electron chi connectivity index (χ3n) is 4.29. The first-order valence-electron chi connectivity index (χ1n) is 8.71. The largest absolute Gasteiger partial charge is 0.497 e. The first-order valence-corrected chi connectivity index (χ1v) is 9.52. The number of aliphatic imine (C=N–C) groups is 1. The van der Waals surface area contributed by atoms with E-state index in [0.29, 0.717) is 22.3 Å². The van der Waals surface area contributed by atoms with E-state index in [4.69, 9.17) is 9.84 Å². The van der Waals surface area contributed by atoms with Gasteiger partial charge in [0.15, 0.2) is 5.17 Å². The molecule has 144 valence electrons. The van der Waals surface area contributed by atoms with E-state index >= 15 is 0 Å². The van der Waals surface area contributed by atoms with Gasteiger partial charge in [-0.25, -0.2) is 9.79 Å². The number of aromatic carboxylic acids is 1. The number of amides is 1. The van der Waals surface area contributed by atoms with E-state index < -0.39 is 5.97 Å². The van der Waals surface area contributed by atoms with Gasteiger partial charge < -0.3 is 9.84 Å². The van der Waals surface area contributed by atoms with Crippen LogP contribution in [0.2, 0.25) is 0 Å². The number of ether oxygens (including phenoxy) is 1. The molecule has 0 bridgehead atoms. The first kappa shape index (κ1) is 19.7. The Kier molecular flexibility index (Phi) is 5.84. The Morgan fingerprint density at radius 2 is 2.07 bits per heavy atom. The Balaban J connectivity index is 1.94. The number of nitrogens with zero attached hydrogens (tertiary/aromatic N) is 2. The van der Waals surface area contributed by atoms with Crippen molar-refractivity contribution >= 4 is 40.6 Å². The lowest BCUT2D eigenvalue weighted by atomic mass is 10.1. The standard InChI is InChI=1S/C21H20N2O4S/c1-4-23-19(24)18(12-14-8-9-17(27-3)10-13(14)2)28-21(23)22-16-7-5-6-15(11-16)20(25)26/h5-12H,4H2,1-3H3,(H,25,26)/b18-12+,22-21?. The minimum absolute atomic E-state index is 0.115. The van der Waals surface area contributed by atoms with Crippen LogP contribution in [-0.4, -0.2) is 40.7 Å². The highest BCUT2D eigenvalue weighted by atomic mass is 32.2. The fourth-order valence-electron chi connectivity index (χ4n) is 2.77. The summed E-state index contributed by atoms with van der Waals surface area (Å²) in [7, 11) is 1.62. The van der Waals surface area contributed by atoms with Gasteiger partial charge in [0.05, 0.1) is 23.3 Å². The van der Waals surface area contributed by atoms with Crippen molar-refractivity contribution in [2.24, 2.45) is 4.99 Å². The molecule has 2 aromatic rings. The van der Waals surface area contributed by atoms with Crippen LogP contribution >= 0.6 is 11.8 Å². The number of likely N-dealkylation sites (N-methyl/N-ethyl adjacent to an activating group) is 1. The third kappa shape index (κ3) is 4.09. The number of thioether (sulfide) groups is 1. The van der Waals surface area contributed by atoms with Crippen LogP contribution in [0.15, 0.2) is 52.4 Å². The molecular weight excluding hydrogens is 376 g/mol. The number of benzene rings is 2. The van der Waals surface area contributed by atoms with Crippen LogP contribution in [0.3, 0.4) is 0 Å². The molecule has 0 aromatic heterocycles. The fraction of sp³-hybridized carbons (Fsp3) is 0.190. The minimum Gasteiger partial charge on any atom is -0.497 e. The number of carbonyl (C=O) groups excluding carboxylic acids is 1. The van der Waals surface area contributed by atoms with E-state index in [1.807, 2.05) is 38.1 Å². The number of amidine groups is 1. The van der Waals surface area contributed by atoms with Gasteiger partial charge in [-0.2, -0.15) is 0 Å². The molecule has 1 saturated heterocycles. The quantitative estimate of drug-likeness (QED) is 0.761. The van der Waals surface area contributed by atoms with Gasteiger partial charge >= 0.3 is 5.97 Å². The van der Waals surface area contributed by atoms with Crippen LogP contribution in [0.4, 0.5) is 5.69 Å². The molecule has 0 saturated carbocycles. The molecule has 1 amide bonds. The molecule has 28 heavy (non-hydrogen) atoms. The summed E-state index contributed by atoms with van der Waals surface area (Å²) >= 11 is 1.28. The van der Waals surface area contributed by atoms with Crippen molar-refractivity contribution in [2.45, 2.75) is 13.8 Å². The molecule has 0 unspecified atom stereocenters. The molecule has 3 rings (SSSR count). The van der Waals surface area contributed by atoms with Crippen LogP contribution in [-0.2, 0) is 4.79 Å². The van der Waals surface area contributed by atoms with Gasteiger partial charge in [0.1, 0.15) is 5.75 Å².